The van der Waals surface area contributed by atoms with Crippen LogP contribution in [0.15, 0.2) is 22.7 Å². The minimum absolute atomic E-state index is 0.841. The van der Waals surface area contributed by atoms with Crippen LogP contribution in [0.1, 0.15) is 5.56 Å². The maximum Gasteiger partial charge on any atom is 0.120 e. The van der Waals surface area contributed by atoms with Crippen LogP contribution in [0, 0.1) is 0 Å². The van der Waals surface area contributed by atoms with Gasteiger partial charge in [0.15, 0.2) is 0 Å². The quantitative estimate of drug-likeness (QED) is 0.851. The molecule has 16 heavy (non-hydrogen) atoms. The molecule has 3 nitrogen and oxygen atoms in total. The van der Waals surface area contributed by atoms with Crippen molar-refractivity contribution in [1.29, 1.82) is 0 Å². The molecule has 1 fully saturated rings. The third kappa shape index (κ3) is 2.97. The molecule has 0 unspecified atom stereocenters. The molecule has 0 bridgehead atoms. The van der Waals surface area contributed by atoms with Gasteiger partial charge in [-0.3, -0.25) is 4.90 Å². The van der Waals surface area contributed by atoms with Crippen LogP contribution >= 0.6 is 15.9 Å². The van der Waals surface area contributed by atoms with E-state index in [0.29, 0.717) is 0 Å². The summed E-state index contributed by atoms with van der Waals surface area (Å²) in [4.78, 5) is 2.40. The smallest absolute Gasteiger partial charge is 0.120 e. The van der Waals surface area contributed by atoms with Crippen molar-refractivity contribution in [3.63, 3.8) is 0 Å². The van der Waals surface area contributed by atoms with Crippen molar-refractivity contribution in [3.8, 4) is 5.75 Å². The monoisotopic (exact) mass is 285 g/mol. The van der Waals surface area contributed by atoms with Gasteiger partial charge in [-0.25, -0.2) is 0 Å². The average Bonchev–Trinajstić information content (AvgIpc) is 2.33. The molecule has 0 atom stereocenters. The van der Waals surface area contributed by atoms with Crippen molar-refractivity contribution in [3.05, 3.63) is 28.2 Å². The molecule has 0 radical (unpaired) electrons. The zero-order valence-electron chi connectivity index (χ0n) is 9.41. The second-order valence-electron chi connectivity index (χ2n) is 3.85. The molecule has 1 aromatic rings. The molecule has 1 aliphatic heterocycles. The van der Waals surface area contributed by atoms with Crippen molar-refractivity contribution >= 4 is 15.9 Å². The second-order valence-corrected chi connectivity index (χ2v) is 4.70. The number of methoxy groups -OCH3 is 1. The third-order valence-corrected chi connectivity index (χ3v) is 3.50. The molecular formula is C12H16BrNO2. The SMILES string of the molecule is COc1ccc(CN2CCOCC2)c(Br)c1. The summed E-state index contributed by atoms with van der Waals surface area (Å²) >= 11 is 3.58. The Kier molecular flexibility index (Phi) is 4.21. The maximum atomic E-state index is 5.33. The van der Waals surface area contributed by atoms with Gasteiger partial charge in [0.25, 0.3) is 0 Å². The summed E-state index contributed by atoms with van der Waals surface area (Å²) in [7, 11) is 1.68. The zero-order chi connectivity index (χ0) is 11.4. The van der Waals surface area contributed by atoms with Crippen LogP contribution < -0.4 is 4.74 Å². The van der Waals surface area contributed by atoms with Crippen molar-refractivity contribution in [2.24, 2.45) is 0 Å². The maximum absolute atomic E-state index is 5.33. The molecule has 1 aromatic carbocycles. The van der Waals surface area contributed by atoms with Crippen LogP contribution in [0.4, 0.5) is 0 Å². The fourth-order valence-electron chi connectivity index (χ4n) is 1.78. The summed E-state index contributed by atoms with van der Waals surface area (Å²) in [5.41, 5.74) is 1.29. The number of halogens is 1. The van der Waals surface area contributed by atoms with E-state index in [1.165, 1.54) is 5.56 Å². The topological polar surface area (TPSA) is 21.7 Å². The lowest BCUT2D eigenvalue weighted by molar-refractivity contribution is 0.0341. The third-order valence-electron chi connectivity index (χ3n) is 2.76. The molecule has 0 spiro atoms. The van der Waals surface area contributed by atoms with Crippen molar-refractivity contribution in [1.82, 2.24) is 4.90 Å². The molecule has 88 valence electrons. The molecule has 2 rings (SSSR count). The fraction of sp³-hybridized carbons (Fsp3) is 0.500. The van der Waals surface area contributed by atoms with E-state index in [1.807, 2.05) is 12.1 Å². The predicted molar refractivity (Wildman–Crippen MR) is 66.8 cm³/mol. The van der Waals surface area contributed by atoms with Crippen LogP contribution in [0.2, 0.25) is 0 Å². The Hall–Kier alpha value is -0.580. The van der Waals surface area contributed by atoms with Crippen LogP contribution in [0.5, 0.6) is 5.75 Å². The molecule has 0 aliphatic carbocycles. The highest BCUT2D eigenvalue weighted by Gasteiger charge is 2.12. The van der Waals surface area contributed by atoms with Crippen LogP contribution in [0.3, 0.4) is 0 Å². The fourth-order valence-corrected chi connectivity index (χ4v) is 2.27. The van der Waals surface area contributed by atoms with Gasteiger partial charge in [0.05, 0.1) is 20.3 Å². The van der Waals surface area contributed by atoms with Gasteiger partial charge in [-0.1, -0.05) is 22.0 Å². The Balaban J connectivity index is 2.03. The highest BCUT2D eigenvalue weighted by molar-refractivity contribution is 9.10. The summed E-state index contributed by atoms with van der Waals surface area (Å²) in [5.74, 6) is 0.887. The Morgan fingerprint density at radius 2 is 2.12 bits per heavy atom. The predicted octanol–water partition coefficient (Wildman–Crippen LogP) is 2.29. The molecule has 0 N–H and O–H groups in total. The number of benzene rings is 1. The highest BCUT2D eigenvalue weighted by atomic mass is 79.9. The lowest BCUT2D eigenvalue weighted by Gasteiger charge is -2.27. The highest BCUT2D eigenvalue weighted by Crippen LogP contribution is 2.24. The largest absolute Gasteiger partial charge is 0.497 e. The van der Waals surface area contributed by atoms with Gasteiger partial charge in [-0.15, -0.1) is 0 Å². The lowest BCUT2D eigenvalue weighted by atomic mass is 10.2. The van der Waals surface area contributed by atoms with Gasteiger partial charge in [-0.05, 0) is 17.7 Å². The minimum Gasteiger partial charge on any atom is -0.497 e. The first-order chi connectivity index (χ1) is 7.79. The Labute approximate surface area is 104 Å². The Morgan fingerprint density at radius 1 is 1.38 bits per heavy atom. The van der Waals surface area contributed by atoms with Crippen molar-refractivity contribution in [2.45, 2.75) is 6.54 Å². The molecule has 1 aliphatic rings. The summed E-state index contributed by atoms with van der Waals surface area (Å²) in [6, 6.07) is 6.12. The van der Waals surface area contributed by atoms with Crippen molar-refractivity contribution in [2.75, 3.05) is 33.4 Å². The first-order valence-corrected chi connectivity index (χ1v) is 6.21. The number of rotatable bonds is 3. The standard InChI is InChI=1S/C12H16BrNO2/c1-15-11-3-2-10(12(13)8-11)9-14-4-6-16-7-5-14/h2-3,8H,4-7,9H2,1H3. The second kappa shape index (κ2) is 5.66. The molecule has 0 saturated carbocycles. The van der Waals surface area contributed by atoms with Crippen molar-refractivity contribution < 1.29 is 9.47 Å². The van der Waals surface area contributed by atoms with Crippen LogP contribution in [-0.4, -0.2) is 38.3 Å². The Morgan fingerprint density at radius 3 is 2.75 bits per heavy atom. The normalized spacial score (nSPS) is 17.4. The number of hydrogen-bond donors (Lipinski definition) is 0. The lowest BCUT2D eigenvalue weighted by Crippen LogP contribution is -2.35. The number of morpholine rings is 1. The molecule has 1 saturated heterocycles. The molecule has 4 heteroatoms. The van der Waals surface area contributed by atoms with Crippen LogP contribution in [-0.2, 0) is 11.3 Å². The van der Waals surface area contributed by atoms with E-state index in [-0.39, 0.29) is 0 Å². The number of hydrogen-bond acceptors (Lipinski definition) is 3. The first-order valence-electron chi connectivity index (χ1n) is 5.42. The van der Waals surface area contributed by atoms with Crippen LogP contribution in [0.25, 0.3) is 0 Å². The summed E-state index contributed by atoms with van der Waals surface area (Å²) in [6.45, 7) is 4.67. The van der Waals surface area contributed by atoms with E-state index >= 15 is 0 Å². The van der Waals surface area contributed by atoms with E-state index in [4.69, 9.17) is 9.47 Å². The Bertz CT molecular complexity index is 351. The molecule has 0 aromatic heterocycles. The first kappa shape index (κ1) is 11.9. The van der Waals surface area contributed by atoms with E-state index < -0.39 is 0 Å². The van der Waals surface area contributed by atoms with E-state index in [0.717, 1.165) is 43.1 Å². The van der Waals surface area contributed by atoms with Gasteiger partial charge in [0.1, 0.15) is 5.75 Å². The average molecular weight is 286 g/mol. The number of ether oxygens (including phenoxy) is 2. The van der Waals surface area contributed by atoms with E-state index in [2.05, 4.69) is 26.9 Å². The van der Waals surface area contributed by atoms with Gasteiger partial charge in [-0.2, -0.15) is 0 Å². The van der Waals surface area contributed by atoms with Gasteiger partial charge in [0, 0.05) is 24.1 Å². The van der Waals surface area contributed by atoms with Gasteiger partial charge < -0.3 is 9.47 Å². The molecule has 0 amide bonds. The zero-order valence-corrected chi connectivity index (χ0v) is 11.0. The summed E-state index contributed by atoms with van der Waals surface area (Å²) in [6.07, 6.45) is 0. The number of nitrogens with zero attached hydrogens (tertiary/aromatic N) is 1. The van der Waals surface area contributed by atoms with Gasteiger partial charge >= 0.3 is 0 Å². The van der Waals surface area contributed by atoms with Gasteiger partial charge in [0.2, 0.25) is 0 Å². The van der Waals surface area contributed by atoms with E-state index in [1.54, 1.807) is 7.11 Å². The minimum atomic E-state index is 0.841. The molecular weight excluding hydrogens is 270 g/mol. The summed E-state index contributed by atoms with van der Waals surface area (Å²) in [5, 5.41) is 0. The molecule has 1 heterocycles. The summed E-state index contributed by atoms with van der Waals surface area (Å²) < 4.78 is 11.6. The van der Waals surface area contributed by atoms with E-state index in [9.17, 15) is 0 Å².